The summed E-state index contributed by atoms with van der Waals surface area (Å²) in [7, 11) is 0. The second kappa shape index (κ2) is 32.2. The van der Waals surface area contributed by atoms with Gasteiger partial charge in [-0.25, -0.2) is 0 Å². The van der Waals surface area contributed by atoms with Crippen LogP contribution in [0, 0.1) is 7.43 Å². The zero-order chi connectivity index (χ0) is 0. The molecule has 0 rings (SSSR count). The topological polar surface area (TPSA) is 0 Å². The van der Waals surface area contributed by atoms with Crippen molar-refractivity contribution in [2.75, 3.05) is 0 Å². The molecule has 0 bridgehead atoms. The van der Waals surface area contributed by atoms with Crippen LogP contribution >= 0.6 is 24.8 Å². The molecule has 0 N–H and O–H groups in total. The lowest BCUT2D eigenvalue weighted by atomic mass is 12.0. The molecule has 4 heavy (non-hydrogen) atoms. The number of hydrogen-bond donors (Lipinski definition) is 0. The predicted molar refractivity (Wildman–Crippen MR) is 28.7 cm³/mol. The Morgan fingerprint density at radius 3 is 0.750 bits per heavy atom. The average molecular weight is 116 g/mol. The molecule has 0 aliphatic heterocycles. The molecule has 3 radical (unpaired) electrons. The molecule has 27 valence electrons. The van der Waals surface area contributed by atoms with Crippen molar-refractivity contribution in [1.29, 1.82) is 0 Å². The van der Waals surface area contributed by atoms with Crippen molar-refractivity contribution < 1.29 is 0 Å². The van der Waals surface area contributed by atoms with Gasteiger partial charge in [0.05, 0.1) is 0 Å². The highest BCUT2D eigenvalue weighted by atomic mass is 35.5. The first-order valence-electron chi connectivity index (χ1n) is 0. The third-order valence-corrected chi connectivity index (χ3v) is 0. The third kappa shape index (κ3) is 11.2. The van der Waals surface area contributed by atoms with Crippen LogP contribution in [0.3, 0.4) is 0 Å². The first-order chi connectivity index (χ1) is 0. The molecule has 0 heterocycles. The van der Waals surface area contributed by atoms with E-state index in [1.54, 1.807) is 0 Å². The van der Waals surface area contributed by atoms with Gasteiger partial charge in [0.15, 0.2) is 17.4 Å². The first-order valence-corrected chi connectivity index (χ1v) is 0. The highest BCUT2D eigenvalue weighted by molar-refractivity contribution is 5.85. The van der Waals surface area contributed by atoms with Gasteiger partial charge in [0.2, 0.25) is 0 Å². The fourth-order valence-corrected chi connectivity index (χ4v) is 0. The van der Waals surface area contributed by atoms with Crippen molar-refractivity contribution in [1.82, 2.24) is 0 Å². The molecule has 0 saturated carbocycles. The molecule has 0 unspecified atom stereocenters. The highest BCUT2D eigenvalue weighted by Crippen LogP contribution is 0.691. The summed E-state index contributed by atoms with van der Waals surface area (Å²) >= 11 is 0. The molecular weight excluding hydrogens is 110 g/mol. The van der Waals surface area contributed by atoms with Gasteiger partial charge < -0.3 is 0 Å². The molecule has 0 amide bonds. The molecule has 0 saturated heterocycles. The minimum atomic E-state index is 0. The summed E-state index contributed by atoms with van der Waals surface area (Å²) < 4.78 is 0. The van der Waals surface area contributed by atoms with Crippen LogP contribution in [0.15, 0.2) is 0 Å². The molecule has 0 fully saturated rings. The Balaban J connectivity index is 0. The Kier molecular flexibility index (Phi) is 562. The van der Waals surface area contributed by atoms with Gasteiger partial charge in [0, 0.05) is 0 Å². The fraction of sp³-hybridized carbons (Fsp3) is 0. The summed E-state index contributed by atoms with van der Waals surface area (Å²) in [5, 5.41) is 0. The number of halogens is 2. The molecule has 0 aromatic rings. The van der Waals surface area contributed by atoms with Gasteiger partial charge in [-0.2, -0.15) is 0 Å². The smallest absolute Gasteiger partial charge is 0.147 e. The van der Waals surface area contributed by atoms with Crippen LogP contribution in [-0.2, 0) is 0 Å². The summed E-state index contributed by atoms with van der Waals surface area (Å²) in [5.41, 5.74) is 0. The number of rotatable bonds is 0. The molecule has 0 aliphatic rings. The van der Waals surface area contributed by atoms with E-state index in [2.05, 4.69) is 0 Å². The lowest BCUT2D eigenvalue weighted by Gasteiger charge is -0.148. The molecule has 0 nitrogen and oxygen atoms in total. The fourth-order valence-electron chi connectivity index (χ4n) is 0. The summed E-state index contributed by atoms with van der Waals surface area (Å²) in [6, 6.07) is 0. The van der Waals surface area contributed by atoms with Gasteiger partial charge in [-0.3, -0.25) is 0 Å². The van der Waals surface area contributed by atoms with Gasteiger partial charge in [0.1, 0.15) is 0 Å². The first kappa shape index (κ1) is 69.9. The van der Waals surface area contributed by atoms with Crippen LogP contribution in [0.1, 0.15) is 0 Å². The largest absolute Gasteiger partial charge is 0.187 e. The Hall–Kier alpha value is 1.11. The maximum absolute atomic E-state index is 0. The minimum absolute atomic E-state index is 0. The van der Waals surface area contributed by atoms with Crippen molar-refractivity contribution in [3.8, 4) is 0 Å². The molecular formula is CH6AlCl2. The van der Waals surface area contributed by atoms with Gasteiger partial charge in [-0.1, -0.05) is 0 Å². The molecule has 0 spiro atoms. The van der Waals surface area contributed by atoms with E-state index in [0.29, 0.717) is 0 Å². The lowest BCUT2D eigenvalue weighted by molar-refractivity contribution is 3.24. The molecule has 3 heteroatoms. The Morgan fingerprint density at radius 2 is 0.750 bits per heavy atom. The van der Waals surface area contributed by atoms with Gasteiger partial charge in [-0.05, 0) is 7.43 Å². The van der Waals surface area contributed by atoms with Gasteiger partial charge in [-0.15, -0.1) is 24.8 Å². The van der Waals surface area contributed by atoms with Crippen molar-refractivity contribution in [2.45, 2.75) is 0 Å². The van der Waals surface area contributed by atoms with E-state index in [0.717, 1.165) is 0 Å². The van der Waals surface area contributed by atoms with Crippen molar-refractivity contribution in [3.05, 3.63) is 7.43 Å². The molecule has 0 aliphatic carbocycles. The SMILES string of the molecule is Cl.Cl.[AlH3].[CH]. The van der Waals surface area contributed by atoms with E-state index in [-0.39, 0.29) is 49.6 Å². The zero-order valence-corrected chi connectivity index (χ0v) is 3.03. The molecule has 0 atom stereocenters. The van der Waals surface area contributed by atoms with E-state index >= 15 is 0 Å². The van der Waals surface area contributed by atoms with Crippen molar-refractivity contribution in [2.24, 2.45) is 0 Å². The minimum Gasteiger partial charge on any atom is -0.147 e. The summed E-state index contributed by atoms with van der Waals surface area (Å²) in [6.07, 6.45) is 0. The van der Waals surface area contributed by atoms with E-state index in [9.17, 15) is 0 Å². The Labute approximate surface area is 49.9 Å². The van der Waals surface area contributed by atoms with Crippen LogP contribution in [0.5, 0.6) is 0 Å². The lowest BCUT2D eigenvalue weighted by Crippen LogP contribution is -0.381. The van der Waals surface area contributed by atoms with Crippen LogP contribution in [0.25, 0.3) is 0 Å². The zero-order valence-electron chi connectivity index (χ0n) is 1.39. The van der Waals surface area contributed by atoms with E-state index in [1.807, 2.05) is 0 Å². The molecule has 0 aromatic heterocycles. The second-order valence-electron chi connectivity index (χ2n) is 0. The average Bonchev–Trinajstić information content (AvgIpc) is 0. The normalized spacial score (nSPS) is 0. The monoisotopic (exact) mass is 115 g/mol. The summed E-state index contributed by atoms with van der Waals surface area (Å²) in [4.78, 5) is 0. The standard InChI is InChI=1S/CH.Al.2ClH.3H/h1H;;2*1H;;;. The predicted octanol–water partition coefficient (Wildman–Crippen LogP) is -0.136. The van der Waals surface area contributed by atoms with Crippen LogP contribution < -0.4 is 0 Å². The van der Waals surface area contributed by atoms with Gasteiger partial charge >= 0.3 is 0 Å². The van der Waals surface area contributed by atoms with Crippen LogP contribution in [0.4, 0.5) is 0 Å². The van der Waals surface area contributed by atoms with Gasteiger partial charge in [0.25, 0.3) is 0 Å². The Bertz CT molecular complexity index is 6.00. The summed E-state index contributed by atoms with van der Waals surface area (Å²) in [6.45, 7) is 0. The van der Waals surface area contributed by atoms with E-state index in [4.69, 9.17) is 0 Å². The van der Waals surface area contributed by atoms with E-state index < -0.39 is 0 Å². The second-order valence-corrected chi connectivity index (χ2v) is 0. The summed E-state index contributed by atoms with van der Waals surface area (Å²) in [5.74, 6) is 0. The van der Waals surface area contributed by atoms with Crippen molar-refractivity contribution >= 4 is 42.2 Å². The van der Waals surface area contributed by atoms with E-state index in [1.165, 1.54) is 0 Å². The quantitative estimate of drug-likeness (QED) is 0.386. The Morgan fingerprint density at radius 1 is 0.750 bits per heavy atom. The van der Waals surface area contributed by atoms with Crippen LogP contribution in [-0.4, -0.2) is 17.4 Å². The third-order valence-electron chi connectivity index (χ3n) is 0. The number of hydrogen-bond acceptors (Lipinski definition) is 0. The van der Waals surface area contributed by atoms with Crippen LogP contribution in [0.2, 0.25) is 0 Å². The molecule has 0 aromatic carbocycles. The maximum atomic E-state index is 0. The maximum Gasteiger partial charge on any atom is 0.187 e. The highest BCUT2D eigenvalue weighted by Gasteiger charge is 0.187. The van der Waals surface area contributed by atoms with Crippen molar-refractivity contribution in [3.63, 3.8) is 0 Å².